The van der Waals surface area contributed by atoms with Gasteiger partial charge in [-0.25, -0.2) is 0 Å². The summed E-state index contributed by atoms with van der Waals surface area (Å²) in [4.78, 5) is 28.0. The number of carboxylic acid groups (broad SMARTS) is 1. The zero-order valence-corrected chi connectivity index (χ0v) is 10.1. The summed E-state index contributed by atoms with van der Waals surface area (Å²) in [6, 6.07) is 0. The van der Waals surface area contributed by atoms with Gasteiger partial charge >= 0.3 is 5.97 Å². The normalized spacial score (nSPS) is 19.5. The third kappa shape index (κ3) is 2.66. The Bertz CT molecular complexity index is 457. The molecule has 0 saturated carbocycles. The standard InChI is InChI=1S/C11H15N3O4/c1-2-3-8-12-9(18-13-8)6-14-5-7(11(16)17)4-10(14)15/h7H,2-6H2,1H3,(H,16,17). The van der Waals surface area contributed by atoms with E-state index in [9.17, 15) is 9.59 Å². The lowest BCUT2D eigenvalue weighted by atomic mass is 10.1. The van der Waals surface area contributed by atoms with Gasteiger partial charge < -0.3 is 14.5 Å². The number of amides is 1. The number of aliphatic carboxylic acids is 1. The van der Waals surface area contributed by atoms with Crippen molar-refractivity contribution >= 4 is 11.9 Å². The quantitative estimate of drug-likeness (QED) is 0.818. The minimum Gasteiger partial charge on any atom is -0.481 e. The Morgan fingerprint density at radius 1 is 1.61 bits per heavy atom. The van der Waals surface area contributed by atoms with Crippen molar-refractivity contribution in [1.82, 2.24) is 15.0 Å². The van der Waals surface area contributed by atoms with Crippen molar-refractivity contribution in [1.29, 1.82) is 0 Å². The van der Waals surface area contributed by atoms with Gasteiger partial charge in [0.25, 0.3) is 0 Å². The van der Waals surface area contributed by atoms with Crippen molar-refractivity contribution in [3.63, 3.8) is 0 Å². The predicted molar refractivity (Wildman–Crippen MR) is 59.5 cm³/mol. The molecule has 1 aliphatic heterocycles. The molecule has 0 spiro atoms. The SMILES string of the molecule is CCCc1noc(CN2CC(C(=O)O)CC2=O)n1. The van der Waals surface area contributed by atoms with Crippen molar-refractivity contribution in [3.05, 3.63) is 11.7 Å². The molecule has 2 rings (SSSR count). The van der Waals surface area contributed by atoms with E-state index >= 15 is 0 Å². The maximum absolute atomic E-state index is 11.6. The zero-order chi connectivity index (χ0) is 13.1. The van der Waals surface area contributed by atoms with Crippen LogP contribution in [0.4, 0.5) is 0 Å². The Hall–Kier alpha value is -1.92. The number of aryl methyl sites for hydroxylation is 1. The van der Waals surface area contributed by atoms with Crippen LogP contribution in [0.25, 0.3) is 0 Å². The van der Waals surface area contributed by atoms with Gasteiger partial charge in [-0.05, 0) is 6.42 Å². The number of aromatic nitrogens is 2. The molecule has 18 heavy (non-hydrogen) atoms. The van der Waals surface area contributed by atoms with Gasteiger partial charge in [0.15, 0.2) is 5.82 Å². The van der Waals surface area contributed by atoms with Crippen LogP contribution in [-0.4, -0.2) is 38.6 Å². The first-order valence-corrected chi connectivity index (χ1v) is 5.92. The molecule has 1 saturated heterocycles. The summed E-state index contributed by atoms with van der Waals surface area (Å²) in [6.45, 7) is 2.41. The van der Waals surface area contributed by atoms with Gasteiger partial charge in [-0.15, -0.1) is 0 Å². The molecule has 1 aromatic heterocycles. The summed E-state index contributed by atoms with van der Waals surface area (Å²) in [6.07, 6.45) is 1.70. The summed E-state index contributed by atoms with van der Waals surface area (Å²) < 4.78 is 5.02. The fourth-order valence-electron chi connectivity index (χ4n) is 1.93. The van der Waals surface area contributed by atoms with Crippen LogP contribution in [0.3, 0.4) is 0 Å². The van der Waals surface area contributed by atoms with Gasteiger partial charge in [0.05, 0.1) is 5.92 Å². The van der Waals surface area contributed by atoms with Crippen molar-refractivity contribution in [3.8, 4) is 0 Å². The van der Waals surface area contributed by atoms with Crippen molar-refractivity contribution < 1.29 is 19.2 Å². The maximum Gasteiger partial charge on any atom is 0.308 e. The molecule has 1 amide bonds. The predicted octanol–water partition coefficient (Wildman–Crippen LogP) is 0.455. The molecule has 7 nitrogen and oxygen atoms in total. The molecule has 1 unspecified atom stereocenters. The van der Waals surface area contributed by atoms with Gasteiger partial charge in [-0.2, -0.15) is 4.98 Å². The van der Waals surface area contributed by atoms with E-state index in [0.29, 0.717) is 11.7 Å². The average molecular weight is 253 g/mol. The highest BCUT2D eigenvalue weighted by molar-refractivity contribution is 5.85. The Morgan fingerprint density at radius 2 is 2.39 bits per heavy atom. The van der Waals surface area contributed by atoms with Gasteiger partial charge in [-0.1, -0.05) is 12.1 Å². The summed E-state index contributed by atoms with van der Waals surface area (Å²) in [5.41, 5.74) is 0. The van der Waals surface area contributed by atoms with Gasteiger partial charge in [0.2, 0.25) is 11.8 Å². The molecule has 1 fully saturated rings. The minimum absolute atomic E-state index is 0.0469. The van der Waals surface area contributed by atoms with Crippen LogP contribution >= 0.6 is 0 Å². The zero-order valence-electron chi connectivity index (χ0n) is 10.1. The molecular formula is C11H15N3O4. The van der Waals surface area contributed by atoms with E-state index in [1.807, 2.05) is 6.92 Å². The molecule has 98 valence electrons. The number of likely N-dealkylation sites (tertiary alicyclic amines) is 1. The molecule has 0 bridgehead atoms. The molecule has 0 radical (unpaired) electrons. The lowest BCUT2D eigenvalue weighted by Crippen LogP contribution is -2.25. The number of hydrogen-bond acceptors (Lipinski definition) is 5. The van der Waals surface area contributed by atoms with Crippen LogP contribution in [0.5, 0.6) is 0 Å². The van der Waals surface area contributed by atoms with Crippen molar-refractivity contribution in [2.45, 2.75) is 32.7 Å². The van der Waals surface area contributed by atoms with Gasteiger partial charge in [0, 0.05) is 19.4 Å². The van der Waals surface area contributed by atoms with Gasteiger partial charge in [0.1, 0.15) is 6.54 Å². The van der Waals surface area contributed by atoms with Gasteiger partial charge in [-0.3, -0.25) is 9.59 Å². The van der Waals surface area contributed by atoms with E-state index in [1.54, 1.807) is 0 Å². The Morgan fingerprint density at radius 3 is 3.00 bits per heavy atom. The fraction of sp³-hybridized carbons (Fsp3) is 0.636. The number of nitrogens with zero attached hydrogens (tertiary/aromatic N) is 3. The highest BCUT2D eigenvalue weighted by Crippen LogP contribution is 2.19. The smallest absolute Gasteiger partial charge is 0.308 e. The second kappa shape index (κ2) is 5.16. The van der Waals surface area contributed by atoms with E-state index in [-0.39, 0.29) is 25.4 Å². The molecule has 2 heterocycles. The van der Waals surface area contributed by atoms with E-state index in [2.05, 4.69) is 10.1 Å². The minimum atomic E-state index is -0.942. The lowest BCUT2D eigenvalue weighted by molar-refractivity contribution is -0.141. The molecule has 1 N–H and O–H groups in total. The number of carbonyl (C=O) groups excluding carboxylic acids is 1. The number of carboxylic acids is 1. The van der Waals surface area contributed by atoms with Crippen LogP contribution in [0.15, 0.2) is 4.52 Å². The second-order valence-electron chi connectivity index (χ2n) is 4.37. The summed E-state index contributed by atoms with van der Waals surface area (Å²) in [7, 11) is 0. The Balaban J connectivity index is 1.96. The monoisotopic (exact) mass is 253 g/mol. The number of hydrogen-bond donors (Lipinski definition) is 1. The number of rotatable bonds is 5. The highest BCUT2D eigenvalue weighted by Gasteiger charge is 2.34. The first-order valence-electron chi connectivity index (χ1n) is 5.92. The third-order valence-corrected chi connectivity index (χ3v) is 2.87. The Labute approximate surface area is 104 Å². The summed E-state index contributed by atoms with van der Waals surface area (Å²) in [5, 5.41) is 12.6. The molecule has 1 aliphatic rings. The molecule has 1 atom stereocenters. The topological polar surface area (TPSA) is 96.5 Å². The summed E-state index contributed by atoms with van der Waals surface area (Å²) in [5.74, 6) is -0.775. The molecule has 1 aromatic rings. The largest absolute Gasteiger partial charge is 0.481 e. The van der Waals surface area contributed by atoms with Crippen molar-refractivity contribution in [2.75, 3.05) is 6.54 Å². The van der Waals surface area contributed by atoms with Crippen LogP contribution in [-0.2, 0) is 22.6 Å². The van der Waals surface area contributed by atoms with Crippen LogP contribution in [0, 0.1) is 5.92 Å². The lowest BCUT2D eigenvalue weighted by Gasteiger charge is -2.12. The molecular weight excluding hydrogens is 238 g/mol. The van der Waals surface area contributed by atoms with Crippen molar-refractivity contribution in [2.24, 2.45) is 5.92 Å². The molecule has 0 aromatic carbocycles. The Kier molecular flexibility index (Phi) is 3.59. The van der Waals surface area contributed by atoms with E-state index in [0.717, 1.165) is 12.8 Å². The third-order valence-electron chi connectivity index (χ3n) is 2.87. The molecule has 0 aliphatic carbocycles. The first kappa shape index (κ1) is 12.5. The van der Waals surface area contributed by atoms with E-state index in [4.69, 9.17) is 9.63 Å². The average Bonchev–Trinajstić information content (AvgIpc) is 2.88. The highest BCUT2D eigenvalue weighted by atomic mass is 16.5. The maximum atomic E-state index is 11.6. The van der Waals surface area contributed by atoms with Crippen LogP contribution < -0.4 is 0 Å². The fourth-order valence-corrected chi connectivity index (χ4v) is 1.93. The van der Waals surface area contributed by atoms with E-state index < -0.39 is 11.9 Å². The van der Waals surface area contributed by atoms with Crippen LogP contribution in [0.2, 0.25) is 0 Å². The first-order chi connectivity index (χ1) is 8.60. The second-order valence-corrected chi connectivity index (χ2v) is 4.37. The summed E-state index contributed by atoms with van der Waals surface area (Å²) >= 11 is 0. The molecule has 7 heteroatoms. The van der Waals surface area contributed by atoms with E-state index in [1.165, 1.54) is 4.90 Å². The number of carbonyl (C=O) groups is 2. The van der Waals surface area contributed by atoms with Crippen LogP contribution in [0.1, 0.15) is 31.5 Å².